The number of alkyl halides is 3. The molecule has 0 aliphatic carbocycles. The Balaban J connectivity index is 2.50. The van der Waals surface area contributed by atoms with Gasteiger partial charge in [0, 0.05) is 24.0 Å². The summed E-state index contributed by atoms with van der Waals surface area (Å²) in [5, 5.41) is 3.56. The molecule has 0 aromatic carbocycles. The summed E-state index contributed by atoms with van der Waals surface area (Å²) < 4.78 is 39.1. The number of aryl methyl sites for hydroxylation is 2. The van der Waals surface area contributed by atoms with Crippen molar-refractivity contribution in [1.29, 1.82) is 0 Å². The minimum Gasteiger partial charge on any atom is -0.265 e. The van der Waals surface area contributed by atoms with Gasteiger partial charge in [0.05, 0.1) is 5.69 Å². The van der Waals surface area contributed by atoms with E-state index in [9.17, 15) is 13.2 Å². The predicted molar refractivity (Wildman–Crippen MR) is 60.9 cm³/mol. The van der Waals surface area contributed by atoms with Crippen molar-refractivity contribution in [3.8, 4) is 11.3 Å². The fourth-order valence-electron chi connectivity index (χ4n) is 1.65. The van der Waals surface area contributed by atoms with Gasteiger partial charge < -0.3 is 0 Å². The summed E-state index contributed by atoms with van der Waals surface area (Å²) in [5.41, 5.74) is 1.00. The highest BCUT2D eigenvalue weighted by molar-refractivity contribution is 5.59. The molecular formula is C12H12F3N3. The van der Waals surface area contributed by atoms with E-state index in [1.165, 1.54) is 4.68 Å². The molecule has 0 radical (unpaired) electrons. The summed E-state index contributed by atoms with van der Waals surface area (Å²) in [4.78, 5) is 4.08. The molecule has 3 nitrogen and oxygen atoms in total. The Bertz CT molecular complexity index is 541. The molecule has 0 atom stereocenters. The Morgan fingerprint density at radius 2 is 2.00 bits per heavy atom. The number of rotatable bonds is 2. The SMILES string of the molecule is CCn1nc(C(F)(F)F)cc1-c1ccc(C)nc1. The molecule has 96 valence electrons. The van der Waals surface area contributed by atoms with Crippen LogP contribution in [0.2, 0.25) is 0 Å². The summed E-state index contributed by atoms with van der Waals surface area (Å²) in [6, 6.07) is 4.55. The lowest BCUT2D eigenvalue weighted by atomic mass is 10.2. The molecule has 0 unspecified atom stereocenters. The van der Waals surface area contributed by atoms with Crippen LogP contribution >= 0.6 is 0 Å². The van der Waals surface area contributed by atoms with E-state index in [4.69, 9.17) is 0 Å². The lowest BCUT2D eigenvalue weighted by molar-refractivity contribution is -0.141. The molecule has 0 fully saturated rings. The Morgan fingerprint density at radius 1 is 1.28 bits per heavy atom. The zero-order valence-electron chi connectivity index (χ0n) is 9.99. The molecule has 0 saturated heterocycles. The van der Waals surface area contributed by atoms with E-state index in [1.807, 2.05) is 6.92 Å². The van der Waals surface area contributed by atoms with Crippen LogP contribution in [0.4, 0.5) is 13.2 Å². The number of nitrogens with zero attached hydrogens (tertiary/aromatic N) is 3. The fraction of sp³-hybridized carbons (Fsp3) is 0.333. The van der Waals surface area contributed by atoms with Crippen LogP contribution in [0.3, 0.4) is 0 Å². The maximum atomic E-state index is 12.6. The second-order valence-electron chi connectivity index (χ2n) is 3.92. The fourth-order valence-corrected chi connectivity index (χ4v) is 1.65. The number of hydrogen-bond acceptors (Lipinski definition) is 2. The second-order valence-corrected chi connectivity index (χ2v) is 3.92. The van der Waals surface area contributed by atoms with Crippen LogP contribution in [0, 0.1) is 6.92 Å². The second kappa shape index (κ2) is 4.44. The average molecular weight is 255 g/mol. The van der Waals surface area contributed by atoms with Crippen molar-refractivity contribution in [2.75, 3.05) is 0 Å². The molecule has 0 amide bonds. The first-order valence-electron chi connectivity index (χ1n) is 5.50. The monoisotopic (exact) mass is 255 g/mol. The van der Waals surface area contributed by atoms with E-state index < -0.39 is 11.9 Å². The molecule has 6 heteroatoms. The van der Waals surface area contributed by atoms with Gasteiger partial charge in [0.25, 0.3) is 0 Å². The van der Waals surface area contributed by atoms with Gasteiger partial charge in [-0.2, -0.15) is 18.3 Å². The van der Waals surface area contributed by atoms with Crippen molar-refractivity contribution >= 4 is 0 Å². The lowest BCUT2D eigenvalue weighted by Crippen LogP contribution is -2.07. The number of halogens is 3. The largest absolute Gasteiger partial charge is 0.435 e. The topological polar surface area (TPSA) is 30.7 Å². The first-order valence-corrected chi connectivity index (χ1v) is 5.50. The van der Waals surface area contributed by atoms with Crippen LogP contribution in [0.25, 0.3) is 11.3 Å². The van der Waals surface area contributed by atoms with E-state index in [1.54, 1.807) is 25.3 Å². The number of aromatic nitrogens is 3. The summed E-state index contributed by atoms with van der Waals surface area (Å²) in [7, 11) is 0. The minimum absolute atomic E-state index is 0.374. The van der Waals surface area contributed by atoms with Gasteiger partial charge in [0.15, 0.2) is 5.69 Å². The van der Waals surface area contributed by atoms with Crippen molar-refractivity contribution in [2.24, 2.45) is 0 Å². The van der Waals surface area contributed by atoms with Crippen LogP contribution in [0.5, 0.6) is 0 Å². The van der Waals surface area contributed by atoms with Gasteiger partial charge in [0.2, 0.25) is 0 Å². The van der Waals surface area contributed by atoms with E-state index in [0.717, 1.165) is 11.8 Å². The van der Waals surface area contributed by atoms with Gasteiger partial charge in [-0.3, -0.25) is 9.67 Å². The Morgan fingerprint density at radius 3 is 2.50 bits per heavy atom. The average Bonchev–Trinajstić information content (AvgIpc) is 2.73. The van der Waals surface area contributed by atoms with Gasteiger partial charge in [-0.05, 0) is 32.0 Å². The lowest BCUT2D eigenvalue weighted by Gasteiger charge is -2.04. The number of hydrogen-bond donors (Lipinski definition) is 0. The molecule has 0 bridgehead atoms. The van der Waals surface area contributed by atoms with Crippen LogP contribution in [-0.2, 0) is 12.7 Å². The molecule has 2 rings (SSSR count). The van der Waals surface area contributed by atoms with Crippen LogP contribution < -0.4 is 0 Å². The van der Waals surface area contributed by atoms with Gasteiger partial charge in [-0.25, -0.2) is 0 Å². The van der Waals surface area contributed by atoms with Crippen molar-refractivity contribution < 1.29 is 13.2 Å². The molecule has 0 aliphatic rings. The third-order valence-corrected chi connectivity index (χ3v) is 2.58. The third-order valence-electron chi connectivity index (χ3n) is 2.58. The summed E-state index contributed by atoms with van der Waals surface area (Å²) in [6.45, 7) is 3.94. The summed E-state index contributed by atoms with van der Waals surface area (Å²) in [6.07, 6.45) is -2.87. The normalized spacial score (nSPS) is 11.8. The highest BCUT2D eigenvalue weighted by Gasteiger charge is 2.34. The zero-order chi connectivity index (χ0) is 13.3. The highest BCUT2D eigenvalue weighted by Crippen LogP contribution is 2.31. The molecule has 0 N–H and O–H groups in total. The highest BCUT2D eigenvalue weighted by atomic mass is 19.4. The van der Waals surface area contributed by atoms with E-state index in [-0.39, 0.29) is 0 Å². The molecule has 2 aromatic heterocycles. The third kappa shape index (κ3) is 2.37. The summed E-state index contributed by atoms with van der Waals surface area (Å²) in [5.74, 6) is 0. The van der Waals surface area contributed by atoms with Crippen molar-refractivity contribution in [3.63, 3.8) is 0 Å². The Labute approximate surface area is 102 Å². The van der Waals surface area contributed by atoms with Gasteiger partial charge in [0.1, 0.15) is 0 Å². The smallest absolute Gasteiger partial charge is 0.265 e. The minimum atomic E-state index is -4.42. The van der Waals surface area contributed by atoms with Gasteiger partial charge >= 0.3 is 6.18 Å². The quantitative estimate of drug-likeness (QED) is 0.824. The first-order chi connectivity index (χ1) is 8.41. The van der Waals surface area contributed by atoms with Crippen molar-refractivity contribution in [1.82, 2.24) is 14.8 Å². The molecule has 0 saturated carbocycles. The van der Waals surface area contributed by atoms with E-state index in [0.29, 0.717) is 17.8 Å². The number of pyridine rings is 1. The Kier molecular flexibility index (Phi) is 3.11. The molecule has 2 aromatic rings. The maximum Gasteiger partial charge on any atom is 0.435 e. The zero-order valence-corrected chi connectivity index (χ0v) is 9.99. The molecule has 0 spiro atoms. The van der Waals surface area contributed by atoms with E-state index >= 15 is 0 Å². The Hall–Kier alpha value is -1.85. The first kappa shape index (κ1) is 12.6. The summed E-state index contributed by atoms with van der Waals surface area (Å²) >= 11 is 0. The van der Waals surface area contributed by atoms with Gasteiger partial charge in [-0.1, -0.05) is 0 Å². The van der Waals surface area contributed by atoms with E-state index in [2.05, 4.69) is 10.1 Å². The molecule has 0 aliphatic heterocycles. The standard InChI is InChI=1S/C12H12F3N3/c1-3-18-10(6-11(17-18)12(13,14)15)9-5-4-8(2)16-7-9/h4-7H,3H2,1-2H3. The predicted octanol–water partition coefficient (Wildman–Crippen LogP) is 3.29. The van der Waals surface area contributed by atoms with Crippen LogP contribution in [0.1, 0.15) is 18.3 Å². The van der Waals surface area contributed by atoms with Gasteiger partial charge in [-0.15, -0.1) is 0 Å². The molecule has 18 heavy (non-hydrogen) atoms. The molecule has 2 heterocycles. The van der Waals surface area contributed by atoms with Crippen LogP contribution in [-0.4, -0.2) is 14.8 Å². The molecular weight excluding hydrogens is 243 g/mol. The maximum absolute atomic E-state index is 12.6. The van der Waals surface area contributed by atoms with Crippen molar-refractivity contribution in [3.05, 3.63) is 35.8 Å². The van der Waals surface area contributed by atoms with Crippen molar-refractivity contribution in [2.45, 2.75) is 26.6 Å². The van der Waals surface area contributed by atoms with Crippen LogP contribution in [0.15, 0.2) is 24.4 Å².